The first kappa shape index (κ1) is 11.7. The molecule has 0 aliphatic carbocycles. The average molecular weight is 257 g/mol. The first-order chi connectivity index (χ1) is 9.13. The molecule has 0 atom stereocenters. The number of imidazole rings is 1. The van der Waals surface area contributed by atoms with Crippen molar-refractivity contribution in [1.29, 1.82) is 0 Å². The summed E-state index contributed by atoms with van der Waals surface area (Å²) in [7, 11) is 0. The van der Waals surface area contributed by atoms with Crippen LogP contribution in [0.2, 0.25) is 0 Å². The predicted octanol–water partition coefficient (Wildman–Crippen LogP) is 1.86. The Bertz CT molecular complexity index is 728. The minimum Gasteiger partial charge on any atom is -0.369 e. The molecule has 98 valence electrons. The molecule has 19 heavy (non-hydrogen) atoms. The molecule has 0 radical (unpaired) electrons. The highest BCUT2D eigenvalue weighted by Crippen LogP contribution is 2.19. The first-order valence-electron chi connectivity index (χ1n) is 6.15. The smallest absolute Gasteiger partial charge is 0.223 e. The van der Waals surface area contributed by atoms with Crippen LogP contribution in [-0.2, 0) is 13.0 Å². The highest BCUT2D eigenvalue weighted by molar-refractivity contribution is 5.79. The van der Waals surface area contributed by atoms with Crippen molar-refractivity contribution in [3.8, 4) is 0 Å². The molecule has 0 aliphatic heterocycles. The van der Waals surface area contributed by atoms with E-state index in [2.05, 4.69) is 28.1 Å². The second kappa shape index (κ2) is 4.38. The molecule has 3 rings (SSSR count). The van der Waals surface area contributed by atoms with E-state index in [4.69, 9.17) is 10.3 Å². The van der Waals surface area contributed by atoms with E-state index in [0.717, 1.165) is 11.0 Å². The molecule has 2 aromatic heterocycles. The number of hydrogen-bond acceptors (Lipinski definition) is 5. The number of benzene rings is 1. The number of fused-ring (bicyclic) bond motifs is 1. The molecule has 1 aromatic carbocycles. The van der Waals surface area contributed by atoms with Gasteiger partial charge in [0.1, 0.15) is 0 Å². The molecule has 0 bridgehead atoms. The molecule has 0 fully saturated rings. The van der Waals surface area contributed by atoms with Crippen LogP contribution in [0.4, 0.5) is 5.95 Å². The van der Waals surface area contributed by atoms with Gasteiger partial charge in [-0.25, -0.2) is 4.98 Å². The van der Waals surface area contributed by atoms with E-state index in [-0.39, 0.29) is 0 Å². The molecule has 0 amide bonds. The van der Waals surface area contributed by atoms with Crippen molar-refractivity contribution in [3.63, 3.8) is 0 Å². The van der Waals surface area contributed by atoms with Gasteiger partial charge in [0.2, 0.25) is 11.8 Å². The van der Waals surface area contributed by atoms with Crippen molar-refractivity contribution in [2.24, 2.45) is 0 Å². The van der Waals surface area contributed by atoms with Crippen LogP contribution in [0.3, 0.4) is 0 Å². The number of rotatable bonds is 3. The Kier molecular flexibility index (Phi) is 2.70. The summed E-state index contributed by atoms with van der Waals surface area (Å²) in [6.45, 7) is 4.51. The zero-order valence-electron chi connectivity index (χ0n) is 10.9. The van der Waals surface area contributed by atoms with Gasteiger partial charge in [0.15, 0.2) is 5.82 Å². The van der Waals surface area contributed by atoms with E-state index in [1.54, 1.807) is 6.92 Å². The number of anilines is 1. The zero-order chi connectivity index (χ0) is 13.4. The van der Waals surface area contributed by atoms with E-state index in [9.17, 15) is 0 Å². The van der Waals surface area contributed by atoms with Crippen molar-refractivity contribution in [2.45, 2.75) is 26.8 Å². The molecule has 0 unspecified atom stereocenters. The highest BCUT2D eigenvalue weighted by Gasteiger charge is 2.10. The molecule has 0 aliphatic rings. The van der Waals surface area contributed by atoms with Gasteiger partial charge in [-0.3, -0.25) is 0 Å². The molecule has 3 aromatic rings. The fourth-order valence-electron chi connectivity index (χ4n) is 2.14. The van der Waals surface area contributed by atoms with Crippen molar-refractivity contribution in [1.82, 2.24) is 19.7 Å². The minimum absolute atomic E-state index is 0.515. The topological polar surface area (TPSA) is 82.8 Å². The Hall–Kier alpha value is -2.37. The monoisotopic (exact) mass is 257 g/mol. The van der Waals surface area contributed by atoms with Crippen LogP contribution < -0.4 is 5.73 Å². The summed E-state index contributed by atoms with van der Waals surface area (Å²) in [5.74, 6) is 1.78. The number of aromatic nitrogens is 4. The second-order valence-electron chi connectivity index (χ2n) is 4.59. The Morgan fingerprint density at radius 1 is 1.26 bits per heavy atom. The lowest BCUT2D eigenvalue weighted by Crippen LogP contribution is -2.06. The fraction of sp³-hybridized carbons (Fsp3) is 0.308. The average Bonchev–Trinajstić information content (AvgIpc) is 2.90. The Balaban J connectivity index is 1.91. The Morgan fingerprint density at radius 3 is 2.84 bits per heavy atom. The van der Waals surface area contributed by atoms with Gasteiger partial charge in [-0.1, -0.05) is 11.2 Å². The molecule has 6 heteroatoms. The maximum Gasteiger partial charge on any atom is 0.223 e. The van der Waals surface area contributed by atoms with Crippen LogP contribution in [0.1, 0.15) is 17.3 Å². The molecule has 0 spiro atoms. The van der Waals surface area contributed by atoms with Crippen molar-refractivity contribution in [2.75, 3.05) is 5.73 Å². The van der Waals surface area contributed by atoms with Crippen molar-refractivity contribution in [3.05, 3.63) is 35.5 Å². The standard InChI is InChI=1S/C13H15N5O/c1-8-3-4-10-11(7-8)18(13(14)16-10)6-5-12-15-9(2)19-17-12/h3-4,7H,5-6H2,1-2H3,(H2,14,16). The summed E-state index contributed by atoms with van der Waals surface area (Å²) < 4.78 is 6.93. The molecule has 6 nitrogen and oxygen atoms in total. The highest BCUT2D eigenvalue weighted by atomic mass is 16.5. The number of aryl methyl sites for hydroxylation is 4. The normalized spacial score (nSPS) is 11.3. The maximum absolute atomic E-state index is 5.96. The quantitative estimate of drug-likeness (QED) is 0.774. The van der Waals surface area contributed by atoms with Gasteiger partial charge < -0.3 is 14.8 Å². The zero-order valence-corrected chi connectivity index (χ0v) is 10.9. The van der Waals surface area contributed by atoms with Crippen LogP contribution in [0.5, 0.6) is 0 Å². The third kappa shape index (κ3) is 2.16. The third-order valence-electron chi connectivity index (χ3n) is 3.06. The molecule has 0 saturated carbocycles. The van der Waals surface area contributed by atoms with Crippen molar-refractivity contribution < 1.29 is 4.52 Å². The van der Waals surface area contributed by atoms with Crippen LogP contribution >= 0.6 is 0 Å². The van der Waals surface area contributed by atoms with Crippen molar-refractivity contribution >= 4 is 17.0 Å². The summed E-state index contributed by atoms with van der Waals surface area (Å²) in [6.07, 6.45) is 0.668. The van der Waals surface area contributed by atoms with Gasteiger partial charge >= 0.3 is 0 Å². The molecule has 2 heterocycles. The summed E-state index contributed by atoms with van der Waals surface area (Å²) in [5.41, 5.74) is 9.09. The maximum atomic E-state index is 5.96. The third-order valence-corrected chi connectivity index (χ3v) is 3.06. The van der Waals surface area contributed by atoms with E-state index >= 15 is 0 Å². The largest absolute Gasteiger partial charge is 0.369 e. The number of nitrogens with two attached hydrogens (primary N) is 1. The number of hydrogen-bond donors (Lipinski definition) is 1. The van der Waals surface area contributed by atoms with Gasteiger partial charge in [-0.2, -0.15) is 4.98 Å². The van der Waals surface area contributed by atoms with Gasteiger partial charge in [-0.15, -0.1) is 0 Å². The molecular formula is C13H15N5O. The van der Waals surface area contributed by atoms with Crippen LogP contribution in [0.15, 0.2) is 22.7 Å². The van der Waals surface area contributed by atoms with E-state index < -0.39 is 0 Å². The summed E-state index contributed by atoms with van der Waals surface area (Å²) in [4.78, 5) is 8.53. The SMILES string of the molecule is Cc1ccc2nc(N)n(CCc3noc(C)n3)c2c1. The summed E-state index contributed by atoms with van der Waals surface area (Å²) in [5, 5.41) is 3.88. The lowest BCUT2D eigenvalue weighted by molar-refractivity contribution is 0.386. The molecule has 2 N–H and O–H groups in total. The lowest BCUT2D eigenvalue weighted by atomic mass is 10.2. The second-order valence-corrected chi connectivity index (χ2v) is 4.59. The fourth-order valence-corrected chi connectivity index (χ4v) is 2.14. The minimum atomic E-state index is 0.515. The van der Waals surface area contributed by atoms with E-state index in [1.165, 1.54) is 5.56 Å². The molecule has 0 saturated heterocycles. The first-order valence-corrected chi connectivity index (χ1v) is 6.15. The van der Waals surface area contributed by atoms with E-state index in [1.807, 2.05) is 16.7 Å². The summed E-state index contributed by atoms with van der Waals surface area (Å²) in [6, 6.07) is 6.10. The van der Waals surface area contributed by atoms with E-state index in [0.29, 0.717) is 30.6 Å². The van der Waals surface area contributed by atoms with Gasteiger partial charge in [0.05, 0.1) is 11.0 Å². The van der Waals surface area contributed by atoms with Gasteiger partial charge in [0, 0.05) is 19.9 Å². The Morgan fingerprint density at radius 2 is 2.11 bits per heavy atom. The number of nitrogens with zero attached hydrogens (tertiary/aromatic N) is 4. The van der Waals surface area contributed by atoms with Crippen LogP contribution in [0, 0.1) is 13.8 Å². The van der Waals surface area contributed by atoms with Crippen LogP contribution in [0.25, 0.3) is 11.0 Å². The predicted molar refractivity (Wildman–Crippen MR) is 71.6 cm³/mol. The lowest BCUT2D eigenvalue weighted by Gasteiger charge is -2.04. The van der Waals surface area contributed by atoms with Crippen LogP contribution in [-0.4, -0.2) is 19.7 Å². The Labute approximate surface area is 110 Å². The number of nitrogen functional groups attached to an aromatic ring is 1. The van der Waals surface area contributed by atoms with Gasteiger partial charge in [0.25, 0.3) is 0 Å². The summed E-state index contributed by atoms with van der Waals surface area (Å²) >= 11 is 0. The molecular weight excluding hydrogens is 242 g/mol. The van der Waals surface area contributed by atoms with Gasteiger partial charge in [-0.05, 0) is 24.6 Å².